The molecule has 0 amide bonds. The van der Waals surface area contributed by atoms with Gasteiger partial charge in [-0.2, -0.15) is 6.42 Å². The molecule has 0 bridgehead atoms. The second-order valence-electron chi connectivity index (χ2n) is 1.21. The number of rotatable bonds is 2. The molecule has 0 atom stereocenters. The van der Waals surface area contributed by atoms with E-state index in [1.165, 1.54) is 12.8 Å². The Bertz CT molecular complexity index is 15.6. The Morgan fingerprint density at radius 1 is 1.43 bits per heavy atom. The van der Waals surface area contributed by atoms with Gasteiger partial charge in [-0.25, -0.2) is 0 Å². The van der Waals surface area contributed by atoms with Crippen molar-refractivity contribution in [2.45, 2.75) is 26.2 Å². The first-order valence-corrected chi connectivity index (χ1v) is 2.21. The van der Waals surface area contributed by atoms with Gasteiger partial charge in [-0.3, -0.25) is 0 Å². The van der Waals surface area contributed by atoms with Crippen LogP contribution in [0.25, 0.3) is 0 Å². The SMILES string of the molecule is Cl.[CH2-]CCCC.[Ni]. The van der Waals surface area contributed by atoms with Crippen LogP contribution >= 0.6 is 12.4 Å². The van der Waals surface area contributed by atoms with Crippen molar-refractivity contribution in [3.05, 3.63) is 6.92 Å². The predicted molar refractivity (Wildman–Crippen MR) is 32.1 cm³/mol. The topological polar surface area (TPSA) is 0 Å². The van der Waals surface area contributed by atoms with Crippen LogP contribution in [-0.2, 0) is 16.5 Å². The van der Waals surface area contributed by atoms with Gasteiger partial charge >= 0.3 is 0 Å². The molecule has 0 unspecified atom stereocenters. The molecule has 0 aliphatic rings. The third kappa shape index (κ3) is 20.0. The van der Waals surface area contributed by atoms with Crippen LogP contribution in [0.3, 0.4) is 0 Å². The molecule has 0 N–H and O–H groups in total. The third-order valence-electron chi connectivity index (χ3n) is 0.604. The summed E-state index contributed by atoms with van der Waals surface area (Å²) in [4.78, 5) is 0. The Labute approximate surface area is 62.4 Å². The van der Waals surface area contributed by atoms with Crippen LogP contribution in [0.15, 0.2) is 0 Å². The zero-order valence-corrected chi connectivity index (χ0v) is 6.36. The maximum Gasteiger partial charge on any atom is 0 e. The molecule has 0 fully saturated rings. The van der Waals surface area contributed by atoms with Crippen molar-refractivity contribution < 1.29 is 16.5 Å². The summed E-state index contributed by atoms with van der Waals surface area (Å²) in [6.45, 7) is 5.85. The molecule has 0 radical (unpaired) electrons. The molecule has 0 aromatic heterocycles. The summed E-state index contributed by atoms with van der Waals surface area (Å²) in [6, 6.07) is 0. The Kier molecular flexibility index (Phi) is 35.4. The van der Waals surface area contributed by atoms with Crippen LogP contribution in [-0.4, -0.2) is 0 Å². The summed E-state index contributed by atoms with van der Waals surface area (Å²) < 4.78 is 0. The summed E-state index contributed by atoms with van der Waals surface area (Å²) in [6.07, 6.45) is 3.65. The third-order valence-corrected chi connectivity index (χ3v) is 0.604. The summed E-state index contributed by atoms with van der Waals surface area (Å²) >= 11 is 0. The van der Waals surface area contributed by atoms with Crippen molar-refractivity contribution in [2.75, 3.05) is 0 Å². The molecule has 0 spiro atoms. The van der Waals surface area contributed by atoms with Gasteiger partial charge in [0.05, 0.1) is 0 Å². The van der Waals surface area contributed by atoms with E-state index in [0.717, 1.165) is 6.42 Å². The second kappa shape index (κ2) is 15.9. The van der Waals surface area contributed by atoms with E-state index in [2.05, 4.69) is 13.8 Å². The van der Waals surface area contributed by atoms with Gasteiger partial charge in [0.1, 0.15) is 0 Å². The van der Waals surface area contributed by atoms with Gasteiger partial charge in [-0.05, 0) is 0 Å². The zero-order chi connectivity index (χ0) is 4.12. The van der Waals surface area contributed by atoms with Crippen LogP contribution < -0.4 is 0 Å². The van der Waals surface area contributed by atoms with Gasteiger partial charge in [0.2, 0.25) is 0 Å². The number of hydrogen-bond acceptors (Lipinski definition) is 0. The first-order chi connectivity index (χ1) is 2.41. The maximum absolute atomic E-state index is 3.68. The number of hydrogen-bond donors (Lipinski definition) is 0. The molecule has 0 aliphatic heterocycles. The largest absolute Gasteiger partial charge is 0.343 e. The maximum atomic E-state index is 3.68. The molecule has 0 nitrogen and oxygen atoms in total. The van der Waals surface area contributed by atoms with Gasteiger partial charge in [0, 0.05) is 16.5 Å². The molecule has 0 aromatic carbocycles. The van der Waals surface area contributed by atoms with Gasteiger partial charge in [0.15, 0.2) is 0 Å². The standard InChI is InChI=1S/C5H11.ClH.Ni/c1-3-5-4-2;;/h1,3-5H2,2H3;1H;/q-1;;. The first kappa shape index (κ1) is 15.7. The minimum Gasteiger partial charge on any atom is -0.343 e. The van der Waals surface area contributed by atoms with E-state index in [1.807, 2.05) is 0 Å². The van der Waals surface area contributed by atoms with E-state index >= 15 is 0 Å². The molecule has 2 heteroatoms. The van der Waals surface area contributed by atoms with E-state index in [1.54, 1.807) is 0 Å². The molecule has 7 heavy (non-hydrogen) atoms. The normalized spacial score (nSPS) is 6.00. The predicted octanol–water partition coefficient (Wildman–Crippen LogP) is 2.43. The summed E-state index contributed by atoms with van der Waals surface area (Å²) in [7, 11) is 0. The Morgan fingerprint density at radius 2 is 1.86 bits per heavy atom. The molecular formula is C5H12ClNi-. The molecule has 0 saturated carbocycles. The molecule has 0 aromatic rings. The molecule has 0 heterocycles. The monoisotopic (exact) mass is 165 g/mol. The minimum absolute atomic E-state index is 0. The smallest absolute Gasteiger partial charge is 0 e. The van der Waals surface area contributed by atoms with Crippen LogP contribution in [0.1, 0.15) is 26.2 Å². The second-order valence-corrected chi connectivity index (χ2v) is 1.21. The van der Waals surface area contributed by atoms with Crippen molar-refractivity contribution in [1.29, 1.82) is 0 Å². The first-order valence-electron chi connectivity index (χ1n) is 2.21. The van der Waals surface area contributed by atoms with Crippen LogP contribution in [0.2, 0.25) is 0 Å². The number of halogens is 1. The van der Waals surface area contributed by atoms with Crippen LogP contribution in [0.5, 0.6) is 0 Å². The fourth-order valence-electron chi connectivity index (χ4n) is 0.250. The van der Waals surface area contributed by atoms with E-state index in [-0.39, 0.29) is 28.9 Å². The Balaban J connectivity index is -0.0000000800. The molecule has 0 saturated heterocycles. The van der Waals surface area contributed by atoms with Crippen LogP contribution in [0, 0.1) is 6.92 Å². The average molecular weight is 166 g/mol. The Hall–Kier alpha value is 0.784. The summed E-state index contributed by atoms with van der Waals surface area (Å²) in [5.41, 5.74) is 0. The summed E-state index contributed by atoms with van der Waals surface area (Å²) in [5.74, 6) is 0. The van der Waals surface area contributed by atoms with E-state index < -0.39 is 0 Å². The van der Waals surface area contributed by atoms with Gasteiger partial charge in [-0.15, -0.1) is 12.4 Å². The molecule has 50 valence electrons. The van der Waals surface area contributed by atoms with Crippen molar-refractivity contribution >= 4 is 12.4 Å². The summed E-state index contributed by atoms with van der Waals surface area (Å²) in [5, 5.41) is 0. The van der Waals surface area contributed by atoms with Crippen molar-refractivity contribution in [3.63, 3.8) is 0 Å². The molecule has 0 aliphatic carbocycles. The van der Waals surface area contributed by atoms with Crippen molar-refractivity contribution in [1.82, 2.24) is 0 Å². The fourth-order valence-corrected chi connectivity index (χ4v) is 0.250. The van der Waals surface area contributed by atoms with Crippen molar-refractivity contribution in [3.8, 4) is 0 Å². The Morgan fingerprint density at radius 3 is 1.86 bits per heavy atom. The quantitative estimate of drug-likeness (QED) is 0.436. The van der Waals surface area contributed by atoms with Gasteiger partial charge in [0.25, 0.3) is 0 Å². The van der Waals surface area contributed by atoms with Crippen LogP contribution in [0.4, 0.5) is 0 Å². The minimum atomic E-state index is 0. The number of unbranched alkanes of at least 4 members (excludes halogenated alkanes) is 2. The van der Waals surface area contributed by atoms with E-state index in [0.29, 0.717) is 0 Å². The zero-order valence-electron chi connectivity index (χ0n) is 4.55. The molecule has 0 rings (SSSR count). The van der Waals surface area contributed by atoms with Crippen molar-refractivity contribution in [2.24, 2.45) is 0 Å². The van der Waals surface area contributed by atoms with E-state index in [9.17, 15) is 0 Å². The van der Waals surface area contributed by atoms with E-state index in [4.69, 9.17) is 0 Å². The van der Waals surface area contributed by atoms with Gasteiger partial charge in [-0.1, -0.05) is 19.8 Å². The average Bonchev–Trinajstić information content (AvgIpc) is 1.41. The fraction of sp³-hybridized carbons (Fsp3) is 0.800. The van der Waals surface area contributed by atoms with Gasteiger partial charge < -0.3 is 6.92 Å². The molecular weight excluding hydrogens is 154 g/mol.